The maximum atomic E-state index is 12.1. The number of benzene rings is 2. The van der Waals surface area contributed by atoms with Crippen LogP contribution in [0, 0.1) is 24.0 Å². The first-order valence-electron chi connectivity index (χ1n) is 8.09. The summed E-state index contributed by atoms with van der Waals surface area (Å²) >= 11 is 1.23. The maximum Gasteiger partial charge on any atom is 0.269 e. The second-order valence-corrected chi connectivity index (χ2v) is 6.96. The molecule has 0 bridgehead atoms. The first kappa shape index (κ1) is 18.6. The van der Waals surface area contributed by atoms with Crippen LogP contribution in [0.4, 0.5) is 11.4 Å². The molecule has 0 spiro atoms. The quantitative estimate of drug-likeness (QED) is 0.381. The summed E-state index contributed by atoms with van der Waals surface area (Å²) in [5.41, 5.74) is 3.62. The number of carbonyl (C=O) groups excluding carboxylic acids is 1. The molecule has 0 aliphatic carbocycles. The molecule has 0 atom stereocenters. The molecule has 138 valence electrons. The molecule has 0 aliphatic rings. The summed E-state index contributed by atoms with van der Waals surface area (Å²) in [6.07, 6.45) is 0. The van der Waals surface area contributed by atoms with Crippen molar-refractivity contribution in [3.8, 4) is 11.4 Å². The molecule has 2 aromatic carbocycles. The molecule has 0 aliphatic heterocycles. The van der Waals surface area contributed by atoms with Crippen LogP contribution < -0.4 is 5.32 Å². The normalized spacial score (nSPS) is 10.6. The van der Waals surface area contributed by atoms with Gasteiger partial charge in [-0.25, -0.2) is 0 Å². The Bertz CT molecular complexity index is 965. The van der Waals surface area contributed by atoms with E-state index in [0.29, 0.717) is 16.5 Å². The number of aryl methyl sites for hydroxylation is 2. The lowest BCUT2D eigenvalue weighted by molar-refractivity contribution is -0.384. The summed E-state index contributed by atoms with van der Waals surface area (Å²) in [6, 6.07) is 11.9. The Morgan fingerprint density at radius 1 is 1.15 bits per heavy atom. The van der Waals surface area contributed by atoms with Crippen molar-refractivity contribution in [2.24, 2.45) is 0 Å². The van der Waals surface area contributed by atoms with Crippen molar-refractivity contribution in [3.63, 3.8) is 0 Å². The predicted octanol–water partition coefficient (Wildman–Crippen LogP) is 3.73. The van der Waals surface area contributed by atoms with E-state index in [-0.39, 0.29) is 17.3 Å². The number of rotatable bonds is 6. The summed E-state index contributed by atoms with van der Waals surface area (Å²) < 4.78 is 0. The molecule has 0 saturated heterocycles. The minimum atomic E-state index is -0.459. The summed E-state index contributed by atoms with van der Waals surface area (Å²) in [7, 11) is 0. The number of nitro groups is 1. The topological polar surface area (TPSA) is 114 Å². The molecule has 0 saturated carbocycles. The number of amides is 1. The van der Waals surface area contributed by atoms with Crippen molar-refractivity contribution < 1.29 is 9.72 Å². The molecule has 2 N–H and O–H groups in total. The molecule has 1 aromatic heterocycles. The second kappa shape index (κ2) is 8.00. The van der Waals surface area contributed by atoms with Gasteiger partial charge in [-0.05, 0) is 49.2 Å². The van der Waals surface area contributed by atoms with Gasteiger partial charge in [0.05, 0.1) is 10.7 Å². The molecular weight excluding hydrogens is 366 g/mol. The van der Waals surface area contributed by atoms with Crippen LogP contribution in [-0.4, -0.2) is 31.8 Å². The number of H-pyrrole nitrogens is 1. The zero-order valence-corrected chi connectivity index (χ0v) is 15.5. The number of non-ortho nitro benzene ring substituents is 1. The van der Waals surface area contributed by atoms with Crippen molar-refractivity contribution in [2.75, 3.05) is 11.1 Å². The number of aromatic amines is 1. The number of anilines is 1. The second-order valence-electron chi connectivity index (χ2n) is 6.00. The fourth-order valence-electron chi connectivity index (χ4n) is 2.56. The van der Waals surface area contributed by atoms with Gasteiger partial charge in [-0.3, -0.25) is 14.9 Å². The number of hydrogen-bond donors (Lipinski definition) is 2. The van der Waals surface area contributed by atoms with Crippen LogP contribution in [0.1, 0.15) is 11.1 Å². The van der Waals surface area contributed by atoms with E-state index in [1.54, 1.807) is 12.1 Å². The van der Waals surface area contributed by atoms with E-state index in [9.17, 15) is 14.9 Å². The monoisotopic (exact) mass is 383 g/mol. The van der Waals surface area contributed by atoms with Gasteiger partial charge < -0.3 is 10.3 Å². The van der Waals surface area contributed by atoms with Crippen LogP contribution in [0.5, 0.6) is 0 Å². The average molecular weight is 383 g/mol. The first-order valence-corrected chi connectivity index (χ1v) is 9.08. The third-order valence-electron chi connectivity index (χ3n) is 3.66. The van der Waals surface area contributed by atoms with Crippen LogP contribution in [-0.2, 0) is 4.79 Å². The van der Waals surface area contributed by atoms with Gasteiger partial charge in [0, 0.05) is 23.4 Å². The highest BCUT2D eigenvalue weighted by Crippen LogP contribution is 2.22. The Kier molecular flexibility index (Phi) is 5.51. The molecule has 8 nitrogen and oxygen atoms in total. The van der Waals surface area contributed by atoms with Gasteiger partial charge in [-0.1, -0.05) is 17.8 Å². The Labute approximate surface area is 159 Å². The van der Waals surface area contributed by atoms with Crippen molar-refractivity contribution in [3.05, 3.63) is 63.7 Å². The van der Waals surface area contributed by atoms with E-state index in [4.69, 9.17) is 0 Å². The SMILES string of the molecule is Cc1cc(C)cc(NC(=O)CSc2nnc(-c3ccc([N+](=O)[O-])cc3)[nH]2)c1. The van der Waals surface area contributed by atoms with E-state index in [1.807, 2.05) is 32.0 Å². The fraction of sp³-hybridized carbons (Fsp3) is 0.167. The van der Waals surface area contributed by atoms with Gasteiger partial charge in [-0.2, -0.15) is 0 Å². The molecule has 0 fully saturated rings. The molecule has 9 heteroatoms. The van der Waals surface area contributed by atoms with Crippen LogP contribution in [0.15, 0.2) is 47.6 Å². The van der Waals surface area contributed by atoms with Gasteiger partial charge in [0.15, 0.2) is 11.0 Å². The molecular formula is C18H17N5O3S. The van der Waals surface area contributed by atoms with Crippen molar-refractivity contribution in [1.29, 1.82) is 0 Å². The van der Waals surface area contributed by atoms with Gasteiger partial charge in [0.2, 0.25) is 5.91 Å². The Morgan fingerprint density at radius 2 is 1.81 bits per heavy atom. The number of nitrogens with one attached hydrogen (secondary N) is 2. The van der Waals surface area contributed by atoms with Crippen LogP contribution in [0.25, 0.3) is 11.4 Å². The smallest absolute Gasteiger partial charge is 0.269 e. The minimum Gasteiger partial charge on any atom is -0.325 e. The Hall–Kier alpha value is -3.20. The average Bonchev–Trinajstić information content (AvgIpc) is 3.08. The Balaban J connectivity index is 1.59. The molecule has 3 aromatic rings. The highest BCUT2D eigenvalue weighted by molar-refractivity contribution is 7.99. The molecule has 0 radical (unpaired) electrons. The number of hydrogen-bond acceptors (Lipinski definition) is 6. The van der Waals surface area contributed by atoms with Gasteiger partial charge in [0.1, 0.15) is 0 Å². The van der Waals surface area contributed by atoms with E-state index in [1.165, 1.54) is 23.9 Å². The number of carbonyl (C=O) groups is 1. The molecule has 27 heavy (non-hydrogen) atoms. The summed E-state index contributed by atoms with van der Waals surface area (Å²) in [4.78, 5) is 25.4. The molecule has 1 amide bonds. The van der Waals surface area contributed by atoms with Gasteiger partial charge in [0.25, 0.3) is 5.69 Å². The van der Waals surface area contributed by atoms with Gasteiger partial charge in [-0.15, -0.1) is 10.2 Å². The first-order chi connectivity index (χ1) is 12.9. The summed E-state index contributed by atoms with van der Waals surface area (Å²) in [5.74, 6) is 0.530. The highest BCUT2D eigenvalue weighted by atomic mass is 32.2. The van der Waals surface area contributed by atoms with E-state index in [0.717, 1.165) is 16.8 Å². The zero-order chi connectivity index (χ0) is 19.4. The standard InChI is InChI=1S/C18H17N5O3S/c1-11-7-12(2)9-14(8-11)19-16(24)10-27-18-20-17(21-22-18)13-3-5-15(6-4-13)23(25)26/h3-9H,10H2,1-2H3,(H,19,24)(H,20,21,22). The van der Waals surface area contributed by atoms with Gasteiger partial charge >= 0.3 is 0 Å². The number of nitro benzene ring substituents is 1. The third kappa shape index (κ3) is 4.91. The summed E-state index contributed by atoms with van der Waals surface area (Å²) in [6.45, 7) is 3.96. The fourth-order valence-corrected chi connectivity index (χ4v) is 3.17. The molecule has 3 rings (SSSR count). The molecule has 1 heterocycles. The van der Waals surface area contributed by atoms with Crippen LogP contribution >= 0.6 is 11.8 Å². The largest absolute Gasteiger partial charge is 0.325 e. The number of nitrogens with zero attached hydrogens (tertiary/aromatic N) is 3. The van der Waals surface area contributed by atoms with E-state index >= 15 is 0 Å². The maximum absolute atomic E-state index is 12.1. The predicted molar refractivity (Wildman–Crippen MR) is 104 cm³/mol. The number of thioether (sulfide) groups is 1. The lowest BCUT2D eigenvalue weighted by Gasteiger charge is -2.06. The van der Waals surface area contributed by atoms with Crippen molar-refractivity contribution >= 4 is 29.0 Å². The van der Waals surface area contributed by atoms with Crippen molar-refractivity contribution in [1.82, 2.24) is 15.2 Å². The zero-order valence-electron chi connectivity index (χ0n) is 14.7. The van der Waals surface area contributed by atoms with Crippen molar-refractivity contribution in [2.45, 2.75) is 19.0 Å². The Morgan fingerprint density at radius 3 is 2.44 bits per heavy atom. The summed E-state index contributed by atoms with van der Waals surface area (Å²) in [5, 5.41) is 22.1. The van der Waals surface area contributed by atoms with Crippen LogP contribution in [0.2, 0.25) is 0 Å². The van der Waals surface area contributed by atoms with Crippen LogP contribution in [0.3, 0.4) is 0 Å². The lowest BCUT2D eigenvalue weighted by Crippen LogP contribution is -2.14. The minimum absolute atomic E-state index is 0.0101. The highest BCUT2D eigenvalue weighted by Gasteiger charge is 2.11. The molecule has 0 unspecified atom stereocenters. The number of aromatic nitrogens is 3. The lowest BCUT2D eigenvalue weighted by atomic mass is 10.1. The van der Waals surface area contributed by atoms with E-state index < -0.39 is 4.92 Å². The van der Waals surface area contributed by atoms with E-state index in [2.05, 4.69) is 20.5 Å². The third-order valence-corrected chi connectivity index (χ3v) is 4.53.